The van der Waals surface area contributed by atoms with Crippen LogP contribution in [-0.2, 0) is 6.54 Å². The van der Waals surface area contributed by atoms with E-state index in [1.807, 2.05) is 36.9 Å². The second-order valence-corrected chi connectivity index (χ2v) is 4.27. The number of aryl methyl sites for hydroxylation is 2. The third-order valence-corrected chi connectivity index (χ3v) is 3.17. The quantitative estimate of drug-likeness (QED) is 0.900. The van der Waals surface area contributed by atoms with Crippen molar-refractivity contribution in [1.82, 2.24) is 15.1 Å². The Morgan fingerprint density at radius 1 is 1.39 bits per heavy atom. The normalized spacial score (nSPS) is 12.7. The molecule has 1 aromatic carbocycles. The number of nitrogens with one attached hydrogen (secondary N) is 1. The van der Waals surface area contributed by atoms with Crippen molar-refractivity contribution in [3.05, 3.63) is 53.1 Å². The van der Waals surface area contributed by atoms with Gasteiger partial charge in [0, 0.05) is 18.3 Å². The smallest absolute Gasteiger partial charge is 0.131 e. The van der Waals surface area contributed by atoms with Crippen molar-refractivity contribution in [2.24, 2.45) is 0 Å². The van der Waals surface area contributed by atoms with Crippen LogP contribution in [-0.4, -0.2) is 16.8 Å². The van der Waals surface area contributed by atoms with Gasteiger partial charge in [-0.3, -0.25) is 4.68 Å². The fraction of sp³-hybridized carbons (Fsp3) is 0.357. The Morgan fingerprint density at radius 2 is 2.17 bits per heavy atom. The Morgan fingerprint density at radius 3 is 2.83 bits per heavy atom. The molecule has 3 nitrogen and oxygen atoms in total. The Hall–Kier alpha value is -1.68. The molecule has 0 bridgehead atoms. The molecule has 1 N–H and O–H groups in total. The number of halogens is 1. The van der Waals surface area contributed by atoms with E-state index >= 15 is 0 Å². The van der Waals surface area contributed by atoms with Crippen molar-refractivity contribution in [1.29, 1.82) is 0 Å². The average molecular weight is 247 g/mol. The summed E-state index contributed by atoms with van der Waals surface area (Å²) in [7, 11) is 1.83. The van der Waals surface area contributed by atoms with Gasteiger partial charge in [-0.25, -0.2) is 4.39 Å². The first-order valence-electron chi connectivity index (χ1n) is 6.13. The minimum Gasteiger partial charge on any atom is -0.308 e. The summed E-state index contributed by atoms with van der Waals surface area (Å²) < 4.78 is 16.1. The van der Waals surface area contributed by atoms with Crippen LogP contribution in [0, 0.1) is 12.7 Å². The molecule has 0 saturated heterocycles. The number of hydrogen-bond donors (Lipinski definition) is 1. The van der Waals surface area contributed by atoms with Gasteiger partial charge in [-0.05, 0) is 32.5 Å². The van der Waals surface area contributed by atoms with Gasteiger partial charge in [0.1, 0.15) is 5.82 Å². The molecule has 1 heterocycles. The van der Waals surface area contributed by atoms with Crippen molar-refractivity contribution in [3.8, 4) is 0 Å². The lowest BCUT2D eigenvalue weighted by molar-refractivity contribution is 0.530. The van der Waals surface area contributed by atoms with E-state index in [9.17, 15) is 4.39 Å². The molecule has 0 aliphatic rings. The first-order chi connectivity index (χ1) is 8.69. The molecule has 1 atom stereocenters. The van der Waals surface area contributed by atoms with Crippen LogP contribution in [0.25, 0.3) is 0 Å². The molecule has 4 heteroatoms. The van der Waals surface area contributed by atoms with Gasteiger partial charge in [0.05, 0.1) is 11.7 Å². The first-order valence-corrected chi connectivity index (χ1v) is 6.13. The predicted octanol–water partition coefficient (Wildman–Crippen LogP) is 2.66. The zero-order valence-electron chi connectivity index (χ0n) is 10.9. The summed E-state index contributed by atoms with van der Waals surface area (Å²) in [6.07, 6.45) is 1.75. The first kappa shape index (κ1) is 12.8. The Labute approximate surface area is 107 Å². The van der Waals surface area contributed by atoms with Crippen molar-refractivity contribution < 1.29 is 4.39 Å². The topological polar surface area (TPSA) is 29.9 Å². The van der Waals surface area contributed by atoms with Gasteiger partial charge in [0.25, 0.3) is 0 Å². The molecule has 2 aromatic rings. The van der Waals surface area contributed by atoms with Gasteiger partial charge in [0.2, 0.25) is 0 Å². The highest BCUT2D eigenvalue weighted by Gasteiger charge is 2.20. The predicted molar refractivity (Wildman–Crippen MR) is 69.9 cm³/mol. The zero-order chi connectivity index (χ0) is 13.1. The summed E-state index contributed by atoms with van der Waals surface area (Å²) in [6.45, 7) is 4.58. The summed E-state index contributed by atoms with van der Waals surface area (Å²) in [6, 6.07) is 7.23. The summed E-state index contributed by atoms with van der Waals surface area (Å²) in [5, 5.41) is 7.40. The number of hydrogen-bond acceptors (Lipinski definition) is 2. The molecule has 0 saturated carbocycles. The fourth-order valence-corrected chi connectivity index (χ4v) is 2.21. The van der Waals surface area contributed by atoms with E-state index in [1.54, 1.807) is 19.2 Å². The average Bonchev–Trinajstić information content (AvgIpc) is 2.83. The van der Waals surface area contributed by atoms with Crippen molar-refractivity contribution in [2.45, 2.75) is 26.4 Å². The maximum atomic E-state index is 14.2. The van der Waals surface area contributed by atoms with E-state index in [2.05, 4.69) is 10.4 Å². The van der Waals surface area contributed by atoms with E-state index < -0.39 is 0 Å². The van der Waals surface area contributed by atoms with Gasteiger partial charge >= 0.3 is 0 Å². The van der Waals surface area contributed by atoms with Crippen LogP contribution >= 0.6 is 0 Å². The molecular weight excluding hydrogens is 229 g/mol. The van der Waals surface area contributed by atoms with Crippen molar-refractivity contribution in [3.63, 3.8) is 0 Å². The molecule has 1 aromatic heterocycles. The second-order valence-electron chi connectivity index (χ2n) is 4.27. The highest BCUT2D eigenvalue weighted by atomic mass is 19.1. The molecule has 0 aliphatic heterocycles. The third-order valence-electron chi connectivity index (χ3n) is 3.17. The lowest BCUT2D eigenvalue weighted by Crippen LogP contribution is -2.22. The highest BCUT2D eigenvalue weighted by molar-refractivity contribution is 5.32. The van der Waals surface area contributed by atoms with E-state index in [1.165, 1.54) is 0 Å². The van der Waals surface area contributed by atoms with Crippen LogP contribution in [0.2, 0.25) is 0 Å². The van der Waals surface area contributed by atoms with Gasteiger partial charge < -0.3 is 5.32 Å². The monoisotopic (exact) mass is 247 g/mol. The van der Waals surface area contributed by atoms with Gasteiger partial charge in [-0.2, -0.15) is 5.10 Å². The number of benzene rings is 1. The minimum absolute atomic E-state index is 0.152. The van der Waals surface area contributed by atoms with E-state index in [-0.39, 0.29) is 11.9 Å². The number of aromatic nitrogens is 2. The molecule has 0 fully saturated rings. The van der Waals surface area contributed by atoms with Gasteiger partial charge in [0.15, 0.2) is 0 Å². The van der Waals surface area contributed by atoms with E-state index in [0.717, 1.165) is 12.2 Å². The van der Waals surface area contributed by atoms with Crippen LogP contribution in [0.15, 0.2) is 30.5 Å². The highest BCUT2D eigenvalue weighted by Crippen LogP contribution is 2.25. The summed E-state index contributed by atoms with van der Waals surface area (Å²) in [4.78, 5) is 0. The number of rotatable bonds is 4. The molecule has 2 rings (SSSR count). The maximum absolute atomic E-state index is 14.2. The largest absolute Gasteiger partial charge is 0.308 e. The Bertz CT molecular complexity index is 534. The second kappa shape index (κ2) is 5.31. The van der Waals surface area contributed by atoms with E-state index in [0.29, 0.717) is 11.1 Å². The van der Waals surface area contributed by atoms with Crippen molar-refractivity contribution in [2.75, 3.05) is 7.05 Å². The Kier molecular flexibility index (Phi) is 3.77. The van der Waals surface area contributed by atoms with E-state index in [4.69, 9.17) is 0 Å². The lowest BCUT2D eigenvalue weighted by Gasteiger charge is -2.19. The van der Waals surface area contributed by atoms with Crippen LogP contribution < -0.4 is 5.32 Å². The fourth-order valence-electron chi connectivity index (χ4n) is 2.21. The Balaban J connectivity index is 2.49. The third kappa shape index (κ3) is 2.16. The SMILES string of the molecule is CCn1nccc1C(NC)c1cccc(C)c1F. The summed E-state index contributed by atoms with van der Waals surface area (Å²) >= 11 is 0. The van der Waals surface area contributed by atoms with Crippen LogP contribution in [0.3, 0.4) is 0 Å². The summed E-state index contributed by atoms with van der Waals surface area (Å²) in [5.41, 5.74) is 2.30. The zero-order valence-corrected chi connectivity index (χ0v) is 10.9. The van der Waals surface area contributed by atoms with Crippen LogP contribution in [0.5, 0.6) is 0 Å². The van der Waals surface area contributed by atoms with Crippen LogP contribution in [0.4, 0.5) is 4.39 Å². The van der Waals surface area contributed by atoms with Gasteiger partial charge in [-0.1, -0.05) is 18.2 Å². The molecule has 96 valence electrons. The van der Waals surface area contributed by atoms with Crippen LogP contribution in [0.1, 0.15) is 29.8 Å². The maximum Gasteiger partial charge on any atom is 0.131 e. The lowest BCUT2D eigenvalue weighted by atomic mass is 10.0. The molecule has 0 radical (unpaired) electrons. The molecule has 0 spiro atoms. The molecule has 1 unspecified atom stereocenters. The van der Waals surface area contributed by atoms with Gasteiger partial charge in [-0.15, -0.1) is 0 Å². The molecule has 0 amide bonds. The molecule has 18 heavy (non-hydrogen) atoms. The standard InChI is InChI=1S/C14H18FN3/c1-4-18-12(8-9-17-18)14(16-3)11-7-5-6-10(2)13(11)15/h5-9,14,16H,4H2,1-3H3. The van der Waals surface area contributed by atoms with Crippen molar-refractivity contribution >= 4 is 0 Å². The molecular formula is C14H18FN3. The number of nitrogens with zero attached hydrogens (tertiary/aromatic N) is 2. The minimum atomic E-state index is -0.174. The summed E-state index contributed by atoms with van der Waals surface area (Å²) in [5.74, 6) is -0.152. The molecule has 0 aliphatic carbocycles.